The topological polar surface area (TPSA) is 86.9 Å². The number of nitrogens with zero attached hydrogens (tertiary/aromatic N) is 1. The monoisotopic (exact) mass is 246 g/mol. The standard InChI is InChI=1S/C9H18N4O2S/c1-8(2)7-13-16(14,15)12-4-3-9-10-5-6-11-9/h5-6,8,12-13H,3-4,7H2,1-2H3,(H,10,11). The highest BCUT2D eigenvalue weighted by molar-refractivity contribution is 7.87. The lowest BCUT2D eigenvalue weighted by Gasteiger charge is -2.09. The molecule has 0 aliphatic heterocycles. The number of imidazole rings is 1. The van der Waals surface area contributed by atoms with Crippen LogP contribution in [0.1, 0.15) is 19.7 Å². The molecule has 0 atom stereocenters. The van der Waals surface area contributed by atoms with Crippen LogP contribution >= 0.6 is 0 Å². The molecule has 1 aromatic heterocycles. The van der Waals surface area contributed by atoms with Crippen molar-refractivity contribution in [1.82, 2.24) is 19.4 Å². The first-order chi connectivity index (χ1) is 7.49. The number of H-pyrrole nitrogens is 1. The van der Waals surface area contributed by atoms with Crippen molar-refractivity contribution in [3.63, 3.8) is 0 Å². The summed E-state index contributed by atoms with van der Waals surface area (Å²) < 4.78 is 27.7. The van der Waals surface area contributed by atoms with E-state index in [1.807, 2.05) is 13.8 Å². The SMILES string of the molecule is CC(C)CNS(=O)(=O)NCCc1ncc[nH]1. The maximum atomic E-state index is 11.4. The lowest BCUT2D eigenvalue weighted by molar-refractivity contribution is 0.547. The highest BCUT2D eigenvalue weighted by Gasteiger charge is 2.09. The van der Waals surface area contributed by atoms with Crippen LogP contribution in [0.5, 0.6) is 0 Å². The quantitative estimate of drug-likeness (QED) is 0.634. The molecule has 7 heteroatoms. The maximum absolute atomic E-state index is 11.4. The van der Waals surface area contributed by atoms with Crippen LogP contribution in [-0.2, 0) is 16.6 Å². The van der Waals surface area contributed by atoms with Crippen LogP contribution in [0.4, 0.5) is 0 Å². The summed E-state index contributed by atoms with van der Waals surface area (Å²) in [5.74, 6) is 1.06. The third-order valence-electron chi connectivity index (χ3n) is 1.89. The molecule has 0 aliphatic rings. The molecule has 0 fully saturated rings. The predicted octanol–water partition coefficient (Wildman–Crippen LogP) is 0.0322. The average Bonchev–Trinajstić information content (AvgIpc) is 2.68. The molecule has 0 saturated carbocycles. The summed E-state index contributed by atoms with van der Waals surface area (Å²) in [5, 5.41) is 0. The molecule has 0 aliphatic carbocycles. The largest absolute Gasteiger partial charge is 0.349 e. The van der Waals surface area contributed by atoms with E-state index in [0.29, 0.717) is 25.4 Å². The molecular weight excluding hydrogens is 228 g/mol. The Bertz CT molecular complexity index is 386. The second-order valence-electron chi connectivity index (χ2n) is 3.93. The zero-order chi connectivity index (χ0) is 12.0. The number of aromatic amines is 1. The van der Waals surface area contributed by atoms with Crippen molar-refractivity contribution in [2.24, 2.45) is 5.92 Å². The first kappa shape index (κ1) is 13.1. The third-order valence-corrected chi connectivity index (χ3v) is 3.02. The minimum absolute atomic E-state index is 0.293. The van der Waals surface area contributed by atoms with Crippen LogP contribution < -0.4 is 9.44 Å². The van der Waals surface area contributed by atoms with Crippen molar-refractivity contribution >= 4 is 10.2 Å². The normalized spacial score (nSPS) is 12.2. The number of hydrogen-bond acceptors (Lipinski definition) is 3. The molecule has 1 heterocycles. The number of aromatic nitrogens is 2. The molecular formula is C9H18N4O2S. The molecule has 3 N–H and O–H groups in total. The Labute approximate surface area is 96.0 Å². The number of rotatable bonds is 7. The van der Waals surface area contributed by atoms with Gasteiger partial charge in [-0.15, -0.1) is 0 Å². The molecule has 0 saturated heterocycles. The Morgan fingerprint density at radius 3 is 2.75 bits per heavy atom. The Morgan fingerprint density at radius 1 is 1.44 bits per heavy atom. The van der Waals surface area contributed by atoms with E-state index in [0.717, 1.165) is 5.82 Å². The summed E-state index contributed by atoms with van der Waals surface area (Å²) in [7, 11) is -3.37. The van der Waals surface area contributed by atoms with E-state index in [1.54, 1.807) is 12.4 Å². The van der Waals surface area contributed by atoms with E-state index >= 15 is 0 Å². The van der Waals surface area contributed by atoms with Gasteiger partial charge < -0.3 is 4.98 Å². The number of nitrogens with one attached hydrogen (secondary N) is 3. The van der Waals surface area contributed by atoms with Gasteiger partial charge in [0.05, 0.1) is 0 Å². The third kappa shape index (κ3) is 5.24. The zero-order valence-electron chi connectivity index (χ0n) is 9.53. The second kappa shape index (κ2) is 5.97. The summed E-state index contributed by atoms with van der Waals surface area (Å²) in [6, 6.07) is 0. The minimum Gasteiger partial charge on any atom is -0.349 e. The molecule has 0 spiro atoms. The molecule has 1 rings (SSSR count). The predicted molar refractivity (Wildman–Crippen MR) is 62.1 cm³/mol. The number of hydrogen-bond donors (Lipinski definition) is 3. The van der Waals surface area contributed by atoms with Crippen molar-refractivity contribution in [3.05, 3.63) is 18.2 Å². The fraction of sp³-hybridized carbons (Fsp3) is 0.667. The van der Waals surface area contributed by atoms with E-state index in [9.17, 15) is 8.42 Å². The lowest BCUT2D eigenvalue weighted by atomic mass is 10.2. The van der Waals surface area contributed by atoms with Gasteiger partial charge in [0.15, 0.2) is 0 Å². The van der Waals surface area contributed by atoms with Crippen molar-refractivity contribution in [3.8, 4) is 0 Å². The Hall–Kier alpha value is -0.920. The van der Waals surface area contributed by atoms with E-state index in [2.05, 4.69) is 19.4 Å². The van der Waals surface area contributed by atoms with Crippen LogP contribution in [0.2, 0.25) is 0 Å². The van der Waals surface area contributed by atoms with E-state index in [4.69, 9.17) is 0 Å². The zero-order valence-corrected chi connectivity index (χ0v) is 10.3. The molecule has 92 valence electrons. The van der Waals surface area contributed by atoms with Gasteiger partial charge in [0.1, 0.15) is 5.82 Å². The maximum Gasteiger partial charge on any atom is 0.276 e. The van der Waals surface area contributed by atoms with Gasteiger partial charge in [-0.1, -0.05) is 13.8 Å². The van der Waals surface area contributed by atoms with Gasteiger partial charge in [-0.3, -0.25) is 0 Å². The van der Waals surface area contributed by atoms with E-state index < -0.39 is 10.2 Å². The first-order valence-corrected chi connectivity index (χ1v) is 6.70. The molecule has 6 nitrogen and oxygen atoms in total. The first-order valence-electron chi connectivity index (χ1n) is 5.22. The molecule has 0 amide bonds. The van der Waals surface area contributed by atoms with E-state index in [-0.39, 0.29) is 0 Å². The van der Waals surface area contributed by atoms with Crippen LogP contribution in [-0.4, -0.2) is 31.5 Å². The fourth-order valence-electron chi connectivity index (χ4n) is 1.07. The van der Waals surface area contributed by atoms with Gasteiger partial charge >= 0.3 is 0 Å². The lowest BCUT2D eigenvalue weighted by Crippen LogP contribution is -2.39. The van der Waals surface area contributed by atoms with Crippen molar-refractivity contribution in [2.75, 3.05) is 13.1 Å². The minimum atomic E-state index is -3.37. The van der Waals surface area contributed by atoms with Crippen LogP contribution in [0.15, 0.2) is 12.4 Å². The summed E-state index contributed by atoms with van der Waals surface area (Å²) in [6.07, 6.45) is 3.90. The molecule has 16 heavy (non-hydrogen) atoms. The van der Waals surface area contributed by atoms with Crippen molar-refractivity contribution in [2.45, 2.75) is 20.3 Å². The Balaban J connectivity index is 2.26. The van der Waals surface area contributed by atoms with Crippen molar-refractivity contribution < 1.29 is 8.42 Å². The van der Waals surface area contributed by atoms with Gasteiger partial charge in [0.2, 0.25) is 0 Å². The molecule has 1 aromatic rings. The average molecular weight is 246 g/mol. The van der Waals surface area contributed by atoms with Gasteiger partial charge in [-0.05, 0) is 5.92 Å². The summed E-state index contributed by atoms with van der Waals surface area (Å²) in [4.78, 5) is 6.91. The molecule has 0 aromatic carbocycles. The Kier molecular flexibility index (Phi) is 4.91. The molecule has 0 radical (unpaired) electrons. The molecule has 0 unspecified atom stereocenters. The second-order valence-corrected chi connectivity index (χ2v) is 5.51. The summed E-state index contributed by atoms with van der Waals surface area (Å²) >= 11 is 0. The summed E-state index contributed by atoms with van der Waals surface area (Å²) in [6.45, 7) is 4.67. The highest BCUT2D eigenvalue weighted by Crippen LogP contribution is 1.91. The van der Waals surface area contributed by atoms with Crippen LogP contribution in [0, 0.1) is 5.92 Å². The van der Waals surface area contributed by atoms with E-state index in [1.165, 1.54) is 0 Å². The smallest absolute Gasteiger partial charge is 0.276 e. The van der Waals surface area contributed by atoms with Gasteiger partial charge in [-0.2, -0.15) is 8.42 Å². The van der Waals surface area contributed by atoms with Crippen LogP contribution in [0.3, 0.4) is 0 Å². The van der Waals surface area contributed by atoms with Gasteiger partial charge in [0.25, 0.3) is 10.2 Å². The summed E-state index contributed by atoms with van der Waals surface area (Å²) in [5.41, 5.74) is 0. The highest BCUT2D eigenvalue weighted by atomic mass is 32.2. The van der Waals surface area contributed by atoms with Gasteiger partial charge in [-0.25, -0.2) is 14.4 Å². The van der Waals surface area contributed by atoms with Gasteiger partial charge in [0, 0.05) is 31.9 Å². The Morgan fingerprint density at radius 2 is 2.19 bits per heavy atom. The van der Waals surface area contributed by atoms with Crippen molar-refractivity contribution in [1.29, 1.82) is 0 Å². The fourth-order valence-corrected chi connectivity index (χ4v) is 2.09. The molecule has 0 bridgehead atoms. The van der Waals surface area contributed by atoms with Crippen LogP contribution in [0.25, 0.3) is 0 Å².